The summed E-state index contributed by atoms with van der Waals surface area (Å²) in [5.41, 5.74) is 5.53. The third-order valence-corrected chi connectivity index (χ3v) is 10.3. The molecule has 12 nitrogen and oxygen atoms in total. The predicted octanol–water partition coefficient (Wildman–Crippen LogP) is 4.94. The number of likely N-dealkylation sites (tertiary alicyclic amines) is 1. The van der Waals surface area contributed by atoms with Gasteiger partial charge in [0.1, 0.15) is 5.54 Å². The number of hydrogen-bond acceptors (Lipinski definition) is 9. The van der Waals surface area contributed by atoms with Crippen LogP contribution in [0.15, 0.2) is 78.9 Å². The summed E-state index contributed by atoms with van der Waals surface area (Å²) in [7, 11) is 0. The molecule has 3 aromatic carbocycles. The molecule has 51 heavy (non-hydrogen) atoms. The van der Waals surface area contributed by atoms with E-state index in [-0.39, 0.29) is 37.0 Å². The number of nitrogens with one attached hydrogen (secondary N) is 3. The van der Waals surface area contributed by atoms with Crippen molar-refractivity contribution < 1.29 is 34.2 Å². The summed E-state index contributed by atoms with van der Waals surface area (Å²) in [6.45, 7) is 2.74. The number of para-hydroxylation sites is 1. The van der Waals surface area contributed by atoms with Crippen molar-refractivity contribution in [2.24, 2.45) is 0 Å². The Morgan fingerprint density at radius 2 is 1.51 bits per heavy atom. The van der Waals surface area contributed by atoms with Gasteiger partial charge in [0.2, 0.25) is 17.7 Å². The number of rotatable bonds is 14. The van der Waals surface area contributed by atoms with E-state index in [0.29, 0.717) is 44.6 Å². The first kappa shape index (κ1) is 36.5. The number of anilines is 2. The number of unbranched alkanes of at least 4 members (excludes halogenated alkanes) is 3. The van der Waals surface area contributed by atoms with Gasteiger partial charge in [-0.3, -0.25) is 19.6 Å². The summed E-state index contributed by atoms with van der Waals surface area (Å²) in [4.78, 5) is 41.5. The van der Waals surface area contributed by atoms with E-state index in [1.165, 1.54) is 0 Å². The van der Waals surface area contributed by atoms with Crippen LogP contribution in [-0.2, 0) is 30.5 Å². The SMILES string of the molecule is O=C(CCCCCCC(=O)Nc1ccc([C@@H]2O[C@H](CN3CCC4(CC3)C(=O)NCN4c3ccccc3)C[C@H](c3ccc(CO)cc3)O2)cc1)NO. The van der Waals surface area contributed by atoms with Gasteiger partial charge in [0.25, 0.3) is 0 Å². The summed E-state index contributed by atoms with van der Waals surface area (Å²) in [6.07, 6.45) is 4.83. The second-order valence-electron chi connectivity index (χ2n) is 13.7. The number of amides is 3. The molecule has 0 radical (unpaired) electrons. The highest BCUT2D eigenvalue weighted by molar-refractivity contribution is 5.93. The normalized spacial score (nSPS) is 21.7. The van der Waals surface area contributed by atoms with Crippen molar-refractivity contribution in [3.63, 3.8) is 0 Å². The minimum Gasteiger partial charge on any atom is -0.392 e. The highest BCUT2D eigenvalue weighted by atomic mass is 16.7. The van der Waals surface area contributed by atoms with E-state index in [1.807, 2.05) is 66.7 Å². The maximum atomic E-state index is 13.2. The van der Waals surface area contributed by atoms with Gasteiger partial charge in [-0.05, 0) is 61.1 Å². The highest BCUT2D eigenvalue weighted by Crippen LogP contribution is 2.40. The number of aliphatic hydroxyl groups excluding tert-OH is 1. The first-order valence-corrected chi connectivity index (χ1v) is 18.0. The molecule has 1 spiro atoms. The molecule has 0 bridgehead atoms. The average Bonchev–Trinajstić information content (AvgIpc) is 3.48. The molecule has 272 valence electrons. The molecule has 0 saturated carbocycles. The summed E-state index contributed by atoms with van der Waals surface area (Å²) in [5, 5.41) is 24.2. The van der Waals surface area contributed by atoms with E-state index in [2.05, 4.69) is 32.6 Å². The predicted molar refractivity (Wildman–Crippen MR) is 191 cm³/mol. The minimum absolute atomic E-state index is 0.0231. The summed E-state index contributed by atoms with van der Waals surface area (Å²) in [5.74, 6) is -0.367. The van der Waals surface area contributed by atoms with E-state index in [0.717, 1.165) is 61.2 Å². The van der Waals surface area contributed by atoms with Crippen LogP contribution >= 0.6 is 0 Å². The first-order chi connectivity index (χ1) is 24.9. The molecule has 3 amide bonds. The molecular formula is C39H49N5O7. The molecule has 0 aliphatic carbocycles. The topological polar surface area (TPSA) is 153 Å². The Morgan fingerprint density at radius 1 is 0.843 bits per heavy atom. The first-order valence-electron chi connectivity index (χ1n) is 18.0. The van der Waals surface area contributed by atoms with Gasteiger partial charge in [-0.2, -0.15) is 0 Å². The number of ether oxygens (including phenoxy) is 2. The number of hydroxylamine groups is 1. The molecule has 3 aliphatic heterocycles. The van der Waals surface area contributed by atoms with Gasteiger partial charge in [0.15, 0.2) is 6.29 Å². The maximum absolute atomic E-state index is 13.2. The quantitative estimate of drug-likeness (QED) is 0.0896. The second-order valence-corrected chi connectivity index (χ2v) is 13.7. The molecule has 3 fully saturated rings. The van der Waals surface area contributed by atoms with Gasteiger partial charge >= 0.3 is 0 Å². The van der Waals surface area contributed by atoms with Crippen molar-refractivity contribution >= 4 is 29.1 Å². The Bertz CT molecular complexity index is 1600. The van der Waals surface area contributed by atoms with E-state index in [4.69, 9.17) is 14.7 Å². The van der Waals surface area contributed by atoms with E-state index in [9.17, 15) is 19.5 Å². The lowest BCUT2D eigenvalue weighted by Gasteiger charge is -2.45. The number of nitrogens with zero attached hydrogens (tertiary/aromatic N) is 2. The van der Waals surface area contributed by atoms with Crippen LogP contribution in [-0.4, -0.2) is 70.9 Å². The number of carbonyl (C=O) groups is 3. The Kier molecular flexibility index (Phi) is 12.3. The van der Waals surface area contributed by atoms with Gasteiger partial charge in [-0.15, -0.1) is 0 Å². The van der Waals surface area contributed by atoms with E-state index >= 15 is 0 Å². The van der Waals surface area contributed by atoms with E-state index in [1.54, 1.807) is 5.48 Å². The van der Waals surface area contributed by atoms with Crippen LogP contribution in [0.5, 0.6) is 0 Å². The van der Waals surface area contributed by atoms with Gasteiger partial charge in [0, 0.05) is 55.8 Å². The van der Waals surface area contributed by atoms with Crippen LogP contribution in [0.25, 0.3) is 0 Å². The summed E-state index contributed by atoms with van der Waals surface area (Å²) < 4.78 is 13.2. The van der Waals surface area contributed by atoms with Crippen LogP contribution in [0.3, 0.4) is 0 Å². The van der Waals surface area contributed by atoms with Crippen LogP contribution in [0.2, 0.25) is 0 Å². The Balaban J connectivity index is 1.07. The van der Waals surface area contributed by atoms with Gasteiger partial charge in [-0.25, -0.2) is 5.48 Å². The standard InChI is InChI=1S/C39H49N5O7/c45-26-28-12-14-29(15-13-28)34-24-33(25-43-22-20-39(21-23-43)38(48)40-27-44(39)32-8-4-3-5-9-32)50-37(51-34)30-16-18-31(19-17-30)41-35(46)10-6-1-2-7-11-36(47)42-49/h3-5,8-9,12-19,33-34,37,45,49H,1-2,6-7,10-11,20-27H2,(H,40,48)(H,41,46)(H,42,47)/t33-,34+,37+/m0/s1. The number of piperidine rings is 1. The Labute approximate surface area is 299 Å². The third kappa shape index (κ3) is 9.13. The molecule has 3 aliphatic rings. The monoisotopic (exact) mass is 699 g/mol. The Morgan fingerprint density at radius 3 is 2.18 bits per heavy atom. The van der Waals surface area contributed by atoms with Crippen LogP contribution in [0.4, 0.5) is 11.4 Å². The number of carbonyl (C=O) groups excluding carboxylic acids is 3. The number of benzene rings is 3. The molecule has 0 aromatic heterocycles. The van der Waals surface area contributed by atoms with Crippen molar-refractivity contribution in [1.29, 1.82) is 0 Å². The summed E-state index contributed by atoms with van der Waals surface area (Å²) in [6, 6.07) is 25.5. The fourth-order valence-electron chi connectivity index (χ4n) is 7.39. The molecular weight excluding hydrogens is 650 g/mol. The maximum Gasteiger partial charge on any atom is 0.247 e. The molecule has 3 aromatic rings. The number of aliphatic hydroxyl groups is 1. The fraction of sp³-hybridized carbons (Fsp3) is 0.462. The minimum atomic E-state index is -0.616. The fourth-order valence-corrected chi connectivity index (χ4v) is 7.39. The van der Waals surface area contributed by atoms with Crippen LogP contribution in [0.1, 0.15) is 86.9 Å². The molecule has 5 N–H and O–H groups in total. The molecule has 0 unspecified atom stereocenters. The largest absolute Gasteiger partial charge is 0.392 e. The lowest BCUT2D eigenvalue weighted by atomic mass is 9.85. The third-order valence-electron chi connectivity index (χ3n) is 10.3. The second kappa shape index (κ2) is 17.3. The molecule has 3 atom stereocenters. The van der Waals surface area contributed by atoms with Gasteiger partial charge < -0.3 is 35.0 Å². The molecule has 12 heteroatoms. The van der Waals surface area contributed by atoms with Crippen LogP contribution in [0, 0.1) is 0 Å². The zero-order valence-electron chi connectivity index (χ0n) is 29.0. The van der Waals surface area contributed by atoms with Crippen LogP contribution < -0.4 is 21.0 Å². The molecule has 6 rings (SSSR count). The average molecular weight is 700 g/mol. The molecule has 3 heterocycles. The lowest BCUT2D eigenvalue weighted by Crippen LogP contribution is -2.57. The van der Waals surface area contributed by atoms with Crippen molar-refractivity contribution in [1.82, 2.24) is 15.7 Å². The van der Waals surface area contributed by atoms with Gasteiger partial charge in [0.05, 0.1) is 25.5 Å². The zero-order valence-corrected chi connectivity index (χ0v) is 29.0. The zero-order chi connectivity index (χ0) is 35.6. The van der Waals surface area contributed by atoms with Crippen molar-refractivity contribution in [2.45, 2.75) is 88.4 Å². The van der Waals surface area contributed by atoms with Crippen molar-refractivity contribution in [3.05, 3.63) is 95.6 Å². The van der Waals surface area contributed by atoms with Gasteiger partial charge in [-0.1, -0.05) is 67.4 Å². The molecule has 3 saturated heterocycles. The van der Waals surface area contributed by atoms with E-state index < -0.39 is 17.7 Å². The lowest BCUT2D eigenvalue weighted by molar-refractivity contribution is -0.253. The number of hydrogen-bond donors (Lipinski definition) is 5. The Hall–Kier alpha value is -4.33. The van der Waals surface area contributed by atoms with Crippen molar-refractivity contribution in [2.75, 3.05) is 36.5 Å². The van der Waals surface area contributed by atoms with Crippen molar-refractivity contribution in [3.8, 4) is 0 Å². The smallest absolute Gasteiger partial charge is 0.247 e. The summed E-state index contributed by atoms with van der Waals surface area (Å²) >= 11 is 0. The highest BCUT2D eigenvalue weighted by Gasteiger charge is 2.50.